The first kappa shape index (κ1) is 21.5. The summed E-state index contributed by atoms with van der Waals surface area (Å²) in [5, 5.41) is 16.1. The smallest absolute Gasteiger partial charge is 0.273 e. The zero-order chi connectivity index (χ0) is 20.7. The highest BCUT2D eigenvalue weighted by Gasteiger charge is 2.13. The van der Waals surface area contributed by atoms with Crippen LogP contribution in [0.4, 0.5) is 0 Å². The van der Waals surface area contributed by atoms with E-state index in [1.165, 1.54) is 6.21 Å². The summed E-state index contributed by atoms with van der Waals surface area (Å²) in [5.74, 6) is 4.84. The maximum atomic E-state index is 12.3. The molecule has 0 aliphatic rings. The Balaban J connectivity index is 2.14. The molecule has 2 aromatic rings. The van der Waals surface area contributed by atoms with Crippen LogP contribution >= 0.6 is 11.6 Å². The molecule has 0 aliphatic heterocycles. The number of benzene rings is 1. The molecule has 1 aromatic heterocycles. The van der Waals surface area contributed by atoms with Gasteiger partial charge in [0, 0.05) is 18.3 Å². The van der Waals surface area contributed by atoms with Crippen molar-refractivity contribution in [1.29, 1.82) is 0 Å². The van der Waals surface area contributed by atoms with Crippen molar-refractivity contribution >= 4 is 29.4 Å². The molecule has 0 radical (unpaired) electrons. The summed E-state index contributed by atoms with van der Waals surface area (Å²) in [5.41, 5.74) is 2.50. The van der Waals surface area contributed by atoms with Gasteiger partial charge in [-0.1, -0.05) is 12.1 Å². The van der Waals surface area contributed by atoms with Crippen LogP contribution < -0.4 is 11.2 Å². The molecule has 4 N–H and O–H groups in total. The Morgan fingerprint density at radius 2 is 2.07 bits per heavy atom. The molecule has 1 aromatic carbocycles. The number of hydrogen-bond donors (Lipinski definition) is 3. The summed E-state index contributed by atoms with van der Waals surface area (Å²) in [7, 11) is 0. The molecule has 0 aliphatic carbocycles. The third kappa shape index (κ3) is 6.11. The lowest BCUT2D eigenvalue weighted by Gasteiger charge is -2.12. The molecule has 0 saturated heterocycles. The number of halogens is 1. The second-order valence-electron chi connectivity index (χ2n) is 6.98. The second-order valence-corrected chi connectivity index (χ2v) is 7.32. The number of aliphatic hydroxyl groups is 1. The highest BCUT2D eigenvalue weighted by Crippen LogP contribution is 2.22. The Morgan fingerprint density at radius 1 is 1.32 bits per heavy atom. The number of aromatic nitrogens is 2. The van der Waals surface area contributed by atoms with E-state index < -0.39 is 5.91 Å². The first-order valence-electron chi connectivity index (χ1n) is 8.56. The van der Waals surface area contributed by atoms with E-state index in [0.29, 0.717) is 11.3 Å². The minimum atomic E-state index is -0.453. The van der Waals surface area contributed by atoms with Gasteiger partial charge in [0.25, 0.3) is 5.91 Å². The molecule has 2 rings (SSSR count). The van der Waals surface area contributed by atoms with Gasteiger partial charge in [-0.15, -0.1) is 0 Å². The standard InChI is InChI=1S/C19H23ClN6O2/c1-19(2,3)24-10-16(26-21)17(28)23-9-13-5-4-12(8-14(13)11-27)15-6-7-22-18(20)25-15/h4-8,10,27H,9,11,21H2,1-3H3,(H,23,28)/b24-10?,26-16+. The van der Waals surface area contributed by atoms with E-state index in [-0.39, 0.29) is 29.7 Å². The highest BCUT2D eigenvalue weighted by atomic mass is 35.5. The van der Waals surface area contributed by atoms with E-state index in [9.17, 15) is 9.90 Å². The molecular formula is C19H23ClN6O2. The number of carbonyl (C=O) groups excluding carboxylic acids is 1. The fourth-order valence-electron chi connectivity index (χ4n) is 2.27. The molecule has 0 atom stereocenters. The zero-order valence-electron chi connectivity index (χ0n) is 16.0. The van der Waals surface area contributed by atoms with Crippen molar-refractivity contribution in [3.05, 3.63) is 46.9 Å². The van der Waals surface area contributed by atoms with Crippen LogP contribution in [-0.2, 0) is 17.9 Å². The van der Waals surface area contributed by atoms with Gasteiger partial charge >= 0.3 is 0 Å². The van der Waals surface area contributed by atoms with Crippen LogP contribution in [0.5, 0.6) is 0 Å². The van der Waals surface area contributed by atoms with Crippen LogP contribution in [0, 0.1) is 0 Å². The highest BCUT2D eigenvalue weighted by molar-refractivity contribution is 6.60. The number of amides is 1. The Labute approximate surface area is 168 Å². The van der Waals surface area contributed by atoms with Crippen molar-refractivity contribution in [1.82, 2.24) is 15.3 Å². The van der Waals surface area contributed by atoms with E-state index >= 15 is 0 Å². The average Bonchev–Trinajstić information content (AvgIpc) is 2.65. The number of aliphatic imine (C=N–C) groups is 1. The van der Waals surface area contributed by atoms with Crippen LogP contribution in [0.2, 0.25) is 5.28 Å². The van der Waals surface area contributed by atoms with Crippen LogP contribution in [-0.4, -0.2) is 38.4 Å². The third-order valence-corrected chi connectivity index (χ3v) is 3.87. The molecule has 8 nitrogen and oxygen atoms in total. The van der Waals surface area contributed by atoms with Crippen LogP contribution in [0.15, 0.2) is 40.6 Å². The number of hydrazone groups is 1. The monoisotopic (exact) mass is 402 g/mol. The lowest BCUT2D eigenvalue weighted by molar-refractivity contribution is -0.114. The van der Waals surface area contributed by atoms with Gasteiger partial charge in [0.15, 0.2) is 5.71 Å². The number of carbonyl (C=O) groups is 1. The fourth-order valence-corrected chi connectivity index (χ4v) is 2.42. The Kier molecular flexibility index (Phi) is 7.19. The number of nitrogens with two attached hydrogens (primary N) is 1. The van der Waals surface area contributed by atoms with E-state index in [2.05, 4.69) is 25.4 Å². The molecule has 0 saturated carbocycles. The maximum absolute atomic E-state index is 12.3. The van der Waals surface area contributed by atoms with Crippen LogP contribution in [0.25, 0.3) is 11.3 Å². The van der Waals surface area contributed by atoms with Gasteiger partial charge in [0.2, 0.25) is 5.28 Å². The molecule has 28 heavy (non-hydrogen) atoms. The molecule has 0 fully saturated rings. The molecule has 1 heterocycles. The Hall–Kier alpha value is -2.84. The number of rotatable bonds is 6. The number of nitrogens with zero attached hydrogens (tertiary/aromatic N) is 4. The van der Waals surface area contributed by atoms with Crippen LogP contribution in [0.1, 0.15) is 31.9 Å². The van der Waals surface area contributed by atoms with Gasteiger partial charge < -0.3 is 16.3 Å². The van der Waals surface area contributed by atoms with Crippen molar-refractivity contribution in [3.8, 4) is 11.3 Å². The summed E-state index contributed by atoms with van der Waals surface area (Å²) in [6.45, 7) is 5.70. The van der Waals surface area contributed by atoms with E-state index in [0.717, 1.165) is 11.1 Å². The summed E-state index contributed by atoms with van der Waals surface area (Å²) >= 11 is 5.83. The predicted molar refractivity (Wildman–Crippen MR) is 110 cm³/mol. The normalized spacial score (nSPS) is 12.4. The molecular weight excluding hydrogens is 380 g/mol. The molecule has 0 spiro atoms. The largest absolute Gasteiger partial charge is 0.392 e. The van der Waals surface area contributed by atoms with Gasteiger partial charge in [-0.05, 0) is 55.6 Å². The molecule has 9 heteroatoms. The minimum absolute atomic E-state index is 0.0210. The molecule has 0 unspecified atom stereocenters. The van der Waals surface area contributed by atoms with Gasteiger partial charge in [0.05, 0.1) is 24.1 Å². The Bertz CT molecular complexity index is 906. The molecule has 0 bridgehead atoms. The lowest BCUT2D eigenvalue weighted by Crippen LogP contribution is -2.33. The van der Waals surface area contributed by atoms with Gasteiger partial charge in [0.1, 0.15) is 0 Å². The van der Waals surface area contributed by atoms with E-state index in [1.807, 2.05) is 26.8 Å². The minimum Gasteiger partial charge on any atom is -0.392 e. The van der Waals surface area contributed by atoms with Gasteiger partial charge in [-0.2, -0.15) is 5.10 Å². The zero-order valence-corrected chi connectivity index (χ0v) is 16.7. The fraction of sp³-hybridized carbons (Fsp3) is 0.316. The molecule has 148 valence electrons. The van der Waals surface area contributed by atoms with E-state index in [4.69, 9.17) is 17.4 Å². The number of aliphatic hydroxyl groups excluding tert-OH is 1. The van der Waals surface area contributed by atoms with Crippen molar-refractivity contribution in [2.24, 2.45) is 15.9 Å². The first-order valence-corrected chi connectivity index (χ1v) is 8.94. The average molecular weight is 403 g/mol. The van der Waals surface area contributed by atoms with Crippen LogP contribution in [0.3, 0.4) is 0 Å². The first-order chi connectivity index (χ1) is 13.2. The van der Waals surface area contributed by atoms with Crippen molar-refractivity contribution in [2.75, 3.05) is 0 Å². The summed E-state index contributed by atoms with van der Waals surface area (Å²) in [6, 6.07) is 7.15. The number of nitrogens with one attached hydrogen (secondary N) is 1. The Morgan fingerprint density at radius 3 is 2.68 bits per heavy atom. The summed E-state index contributed by atoms with van der Waals surface area (Å²) in [4.78, 5) is 24.5. The maximum Gasteiger partial charge on any atom is 0.273 e. The van der Waals surface area contributed by atoms with E-state index in [1.54, 1.807) is 24.4 Å². The summed E-state index contributed by atoms with van der Waals surface area (Å²) in [6.07, 6.45) is 2.91. The van der Waals surface area contributed by atoms with Gasteiger partial charge in [-0.25, -0.2) is 9.97 Å². The van der Waals surface area contributed by atoms with Crippen molar-refractivity contribution in [3.63, 3.8) is 0 Å². The van der Waals surface area contributed by atoms with Crippen molar-refractivity contribution < 1.29 is 9.90 Å². The predicted octanol–water partition coefficient (Wildman–Crippen LogP) is 2.09. The second kappa shape index (κ2) is 9.38. The SMILES string of the molecule is CC(C)(C)N=C/C(=N\N)C(=O)NCc1ccc(-c2ccnc(Cl)n2)cc1CO. The quantitative estimate of drug-likeness (QED) is 0.295. The number of hydrogen-bond acceptors (Lipinski definition) is 7. The molecule has 1 amide bonds. The lowest BCUT2D eigenvalue weighted by atomic mass is 10.0. The third-order valence-electron chi connectivity index (χ3n) is 3.68. The summed E-state index contributed by atoms with van der Waals surface area (Å²) < 4.78 is 0. The van der Waals surface area contributed by atoms with Crippen molar-refractivity contribution in [2.45, 2.75) is 39.5 Å². The van der Waals surface area contributed by atoms with Gasteiger partial charge in [-0.3, -0.25) is 9.79 Å². The topological polar surface area (TPSA) is 126 Å².